The molecule has 0 aromatic carbocycles. The van der Waals surface area contributed by atoms with Crippen molar-refractivity contribution in [3.05, 3.63) is 0 Å². The van der Waals surface area contributed by atoms with Gasteiger partial charge in [-0.1, -0.05) is 0 Å². The average Bonchev–Trinajstić information content (AvgIpc) is 2.62. The molecular formula is C13H32NO9P3. The summed E-state index contributed by atoms with van der Waals surface area (Å²) in [4.78, 5) is 0. The van der Waals surface area contributed by atoms with Crippen molar-refractivity contribution in [2.24, 2.45) is 0 Å². The van der Waals surface area contributed by atoms with Gasteiger partial charge in [0.15, 0.2) is 5.40 Å². The summed E-state index contributed by atoms with van der Waals surface area (Å²) >= 11 is 0. The van der Waals surface area contributed by atoms with Crippen LogP contribution in [0, 0.1) is 0 Å². The van der Waals surface area contributed by atoms with Crippen LogP contribution in [0.15, 0.2) is 0 Å². The van der Waals surface area contributed by atoms with E-state index in [1.807, 2.05) is 20.8 Å². The summed E-state index contributed by atoms with van der Waals surface area (Å²) in [6.07, 6.45) is -0.242. The summed E-state index contributed by atoms with van der Waals surface area (Å²) in [5.41, 5.74) is -0.518. The molecule has 0 bridgehead atoms. The first-order chi connectivity index (χ1) is 11.8. The van der Waals surface area contributed by atoms with Crippen LogP contribution in [-0.4, -0.2) is 59.4 Å². The van der Waals surface area contributed by atoms with Crippen molar-refractivity contribution >= 4 is 22.8 Å². The molecule has 1 N–H and O–H groups in total. The number of nitrogens with one attached hydrogen (secondary N) is 1. The van der Waals surface area contributed by atoms with Crippen molar-refractivity contribution in [3.8, 4) is 0 Å². The zero-order valence-electron chi connectivity index (χ0n) is 16.9. The molecule has 13 heteroatoms. The molecule has 0 amide bonds. The molecule has 1 unspecified atom stereocenters. The zero-order chi connectivity index (χ0) is 20.8. The molecule has 10 nitrogen and oxygen atoms in total. The molecule has 0 aromatic heterocycles. The van der Waals surface area contributed by atoms with Crippen LogP contribution in [0.25, 0.3) is 0 Å². The van der Waals surface area contributed by atoms with Gasteiger partial charge in [0.05, 0.1) is 0 Å². The maximum Gasteiger partial charge on any atom is 0.346 e. The number of hydrogen-bond donors (Lipinski definition) is 1. The standard InChI is InChI=1S/C13H32NO9P3/c1-13(2,3)14-11(24(15,18-4)19-5)10-12(25(16,20-6)21-7)26(17,22-8)23-9/h11-12,14H,10H2,1-9H3. The Morgan fingerprint density at radius 2 is 1.00 bits per heavy atom. The van der Waals surface area contributed by atoms with Crippen LogP contribution < -0.4 is 5.32 Å². The van der Waals surface area contributed by atoms with E-state index in [0.717, 1.165) is 28.4 Å². The molecule has 0 rings (SSSR count). The molecule has 0 aliphatic carbocycles. The van der Waals surface area contributed by atoms with E-state index in [1.165, 1.54) is 14.2 Å². The fraction of sp³-hybridized carbons (Fsp3) is 1.00. The highest BCUT2D eigenvalue weighted by Gasteiger charge is 2.53. The normalized spacial score (nSPS) is 15.5. The predicted molar refractivity (Wildman–Crippen MR) is 100.0 cm³/mol. The second kappa shape index (κ2) is 10.3. The van der Waals surface area contributed by atoms with E-state index < -0.39 is 39.5 Å². The van der Waals surface area contributed by atoms with Crippen LogP contribution >= 0.6 is 22.8 Å². The van der Waals surface area contributed by atoms with E-state index in [9.17, 15) is 13.7 Å². The molecule has 26 heavy (non-hydrogen) atoms. The van der Waals surface area contributed by atoms with Crippen LogP contribution in [0.4, 0.5) is 0 Å². The third kappa shape index (κ3) is 6.49. The molecule has 0 aromatic rings. The van der Waals surface area contributed by atoms with E-state index in [0.29, 0.717) is 0 Å². The van der Waals surface area contributed by atoms with Gasteiger partial charge in [0.1, 0.15) is 5.78 Å². The second-order valence-electron chi connectivity index (χ2n) is 6.34. The lowest BCUT2D eigenvalue weighted by Crippen LogP contribution is -2.45. The summed E-state index contributed by atoms with van der Waals surface area (Å²) in [6, 6.07) is 0. The highest BCUT2D eigenvalue weighted by molar-refractivity contribution is 7.72. The van der Waals surface area contributed by atoms with Gasteiger partial charge in [-0.2, -0.15) is 0 Å². The van der Waals surface area contributed by atoms with E-state index in [1.54, 1.807) is 0 Å². The fourth-order valence-corrected chi connectivity index (χ4v) is 9.09. The van der Waals surface area contributed by atoms with Crippen LogP contribution in [0.5, 0.6) is 0 Å². The minimum atomic E-state index is -3.94. The van der Waals surface area contributed by atoms with Crippen LogP contribution in [0.2, 0.25) is 0 Å². The largest absolute Gasteiger partial charge is 0.346 e. The second-order valence-corrected chi connectivity index (χ2v) is 14.0. The summed E-state index contributed by atoms with van der Waals surface area (Å²) in [7, 11) is -4.49. The summed E-state index contributed by atoms with van der Waals surface area (Å²) < 4.78 is 69.3. The van der Waals surface area contributed by atoms with E-state index >= 15 is 0 Å². The molecule has 1 atom stereocenters. The third-order valence-corrected chi connectivity index (χ3v) is 11.4. The monoisotopic (exact) mass is 439 g/mol. The van der Waals surface area contributed by atoms with E-state index in [-0.39, 0.29) is 6.42 Å². The van der Waals surface area contributed by atoms with E-state index in [4.69, 9.17) is 27.1 Å². The highest BCUT2D eigenvalue weighted by atomic mass is 31.2. The minimum absolute atomic E-state index is 0.242. The molecule has 0 saturated carbocycles. The smallest absolute Gasteiger partial charge is 0.311 e. The van der Waals surface area contributed by atoms with Crippen molar-refractivity contribution in [1.29, 1.82) is 0 Å². The van der Waals surface area contributed by atoms with Gasteiger partial charge in [0, 0.05) is 48.2 Å². The first kappa shape index (κ1) is 26.4. The Labute approximate surface area is 156 Å². The SMILES string of the molecule is COP(=O)(OC)C(CC(P(=O)(OC)OC)P(=O)(OC)OC)NC(C)(C)C. The fourth-order valence-electron chi connectivity index (χ4n) is 2.36. The number of hydrogen-bond acceptors (Lipinski definition) is 10. The van der Waals surface area contributed by atoms with Crippen molar-refractivity contribution in [2.75, 3.05) is 42.7 Å². The van der Waals surface area contributed by atoms with Crippen LogP contribution in [0.3, 0.4) is 0 Å². The van der Waals surface area contributed by atoms with Gasteiger partial charge in [0.2, 0.25) is 0 Å². The van der Waals surface area contributed by atoms with E-state index in [2.05, 4.69) is 5.32 Å². The quantitative estimate of drug-likeness (QED) is 0.449. The third-order valence-electron chi connectivity index (χ3n) is 3.67. The van der Waals surface area contributed by atoms with Gasteiger partial charge >= 0.3 is 22.8 Å². The molecule has 0 saturated heterocycles. The Hall–Kier alpha value is 0.410. The molecule has 158 valence electrons. The average molecular weight is 439 g/mol. The topological polar surface area (TPSA) is 119 Å². The van der Waals surface area contributed by atoms with Gasteiger partial charge in [-0.25, -0.2) is 0 Å². The molecule has 0 aliphatic rings. The molecule has 0 heterocycles. The number of rotatable bonds is 12. The zero-order valence-corrected chi connectivity index (χ0v) is 19.6. The van der Waals surface area contributed by atoms with Gasteiger partial charge < -0.3 is 27.1 Å². The Bertz CT molecular complexity index is 528. The molecule has 0 fully saturated rings. The Kier molecular flexibility index (Phi) is 10.4. The van der Waals surface area contributed by atoms with Gasteiger partial charge in [0.25, 0.3) is 0 Å². The Morgan fingerprint density at radius 3 is 1.23 bits per heavy atom. The summed E-state index contributed by atoms with van der Waals surface area (Å²) in [6.45, 7) is 5.51. The van der Waals surface area contributed by atoms with Gasteiger partial charge in [-0.05, 0) is 27.2 Å². The maximum atomic E-state index is 13.0. The summed E-state index contributed by atoms with van der Waals surface area (Å²) in [5, 5.41) is 1.73. The van der Waals surface area contributed by atoms with Gasteiger partial charge in [-0.3, -0.25) is 19.0 Å². The van der Waals surface area contributed by atoms with Crippen molar-refractivity contribution in [2.45, 2.75) is 43.9 Å². The first-order valence-electron chi connectivity index (χ1n) is 7.72. The molecule has 0 spiro atoms. The van der Waals surface area contributed by atoms with Gasteiger partial charge in [-0.15, -0.1) is 0 Å². The maximum absolute atomic E-state index is 13.0. The van der Waals surface area contributed by atoms with Crippen molar-refractivity contribution < 1.29 is 40.8 Å². The van der Waals surface area contributed by atoms with Crippen LogP contribution in [0.1, 0.15) is 27.2 Å². The lowest BCUT2D eigenvalue weighted by molar-refractivity contribution is 0.229. The Balaban J connectivity index is 6.26. The molecular weight excluding hydrogens is 407 g/mol. The minimum Gasteiger partial charge on any atom is -0.311 e. The highest BCUT2D eigenvalue weighted by Crippen LogP contribution is 2.72. The lowest BCUT2D eigenvalue weighted by Gasteiger charge is -2.36. The molecule has 0 aliphatic heterocycles. The first-order valence-corrected chi connectivity index (χ1v) is 12.6. The van der Waals surface area contributed by atoms with Crippen molar-refractivity contribution in [3.63, 3.8) is 0 Å². The summed E-state index contributed by atoms with van der Waals surface area (Å²) in [5.74, 6) is -0.986. The van der Waals surface area contributed by atoms with Crippen molar-refractivity contribution in [1.82, 2.24) is 5.32 Å². The predicted octanol–water partition coefficient (Wildman–Crippen LogP) is 3.87. The molecule has 0 radical (unpaired) electrons. The Morgan fingerprint density at radius 1 is 0.692 bits per heavy atom. The van der Waals surface area contributed by atoms with Crippen LogP contribution in [-0.2, 0) is 40.8 Å². The lowest BCUT2D eigenvalue weighted by atomic mass is 10.1.